The third-order valence-corrected chi connectivity index (χ3v) is 8.26. The van der Waals surface area contributed by atoms with Crippen LogP contribution in [-0.4, -0.2) is 44.9 Å². The first-order chi connectivity index (χ1) is 18.4. The quantitative estimate of drug-likeness (QED) is 0.298. The maximum Gasteiger partial charge on any atom is 0.407 e. The minimum absolute atomic E-state index is 0.286. The number of amides is 2. The largest absolute Gasteiger partial charge is 0.760 e. The van der Waals surface area contributed by atoms with Crippen LogP contribution in [0, 0.1) is 0 Å². The molecule has 200 valence electrons. The summed E-state index contributed by atoms with van der Waals surface area (Å²) in [7, 11) is 1.25. The van der Waals surface area contributed by atoms with Crippen molar-refractivity contribution in [1.82, 2.24) is 20.3 Å². The van der Waals surface area contributed by atoms with Crippen molar-refractivity contribution in [2.24, 2.45) is 0 Å². The Morgan fingerprint density at radius 1 is 1.16 bits per heavy atom. The van der Waals surface area contributed by atoms with Crippen molar-refractivity contribution in [3.63, 3.8) is 0 Å². The highest BCUT2D eigenvalue weighted by atomic mass is 32.2. The number of nitrogens with one attached hydrogen (secondary N) is 3. The predicted molar refractivity (Wildman–Crippen MR) is 148 cm³/mol. The van der Waals surface area contributed by atoms with Crippen LogP contribution in [-0.2, 0) is 27.2 Å². The molecular weight excluding hydrogens is 545 g/mol. The summed E-state index contributed by atoms with van der Waals surface area (Å²) >= 11 is 0.737. The van der Waals surface area contributed by atoms with E-state index in [0.717, 1.165) is 21.0 Å². The molecule has 2 unspecified atom stereocenters. The highest BCUT2D eigenvalue weighted by Crippen LogP contribution is 2.32. The number of aromatic nitrogens is 1. The summed E-state index contributed by atoms with van der Waals surface area (Å²) in [5.41, 5.74) is 2.54. The first-order valence-electron chi connectivity index (χ1n) is 11.8. The van der Waals surface area contributed by atoms with E-state index in [2.05, 4.69) is 15.4 Å². The minimum atomic E-state index is -2.35. The molecule has 0 saturated heterocycles. The molecule has 2 amide bonds. The molecule has 2 aromatic heterocycles. The zero-order valence-electron chi connectivity index (χ0n) is 20.5. The molecule has 1 aliphatic carbocycles. The molecule has 0 aliphatic heterocycles. The lowest BCUT2D eigenvalue weighted by Gasteiger charge is -2.24. The Morgan fingerprint density at radius 3 is 2.63 bits per heavy atom. The van der Waals surface area contributed by atoms with E-state index in [1.54, 1.807) is 17.4 Å². The molecule has 12 heteroatoms. The zero-order valence-corrected chi connectivity index (χ0v) is 22.9. The number of allylic oxidation sites excluding steroid dienone is 1. The van der Waals surface area contributed by atoms with Crippen molar-refractivity contribution < 1.29 is 23.1 Å². The van der Waals surface area contributed by atoms with Crippen molar-refractivity contribution in [2.75, 3.05) is 7.11 Å². The molecule has 3 aromatic rings. The van der Waals surface area contributed by atoms with Crippen LogP contribution in [0.15, 0.2) is 77.0 Å². The van der Waals surface area contributed by atoms with Crippen LogP contribution in [0.25, 0.3) is 9.88 Å². The predicted octanol–water partition coefficient (Wildman–Crippen LogP) is 4.02. The van der Waals surface area contributed by atoms with Crippen LogP contribution in [0.2, 0.25) is 0 Å². The van der Waals surface area contributed by atoms with Gasteiger partial charge < -0.3 is 19.9 Å². The summed E-state index contributed by atoms with van der Waals surface area (Å²) < 4.78 is 29.1. The Morgan fingerprint density at radius 2 is 1.97 bits per heavy atom. The summed E-state index contributed by atoms with van der Waals surface area (Å²) in [5, 5.41) is 10.5. The number of carbonyl (C=O) groups is 2. The Kier molecular flexibility index (Phi) is 9.96. The van der Waals surface area contributed by atoms with Crippen molar-refractivity contribution in [1.29, 1.82) is 0 Å². The summed E-state index contributed by atoms with van der Waals surface area (Å²) in [5.74, 6) is -0.364. The van der Waals surface area contributed by atoms with Gasteiger partial charge >= 0.3 is 6.09 Å². The fourth-order valence-electron chi connectivity index (χ4n) is 3.98. The van der Waals surface area contributed by atoms with Crippen LogP contribution in [0.5, 0.6) is 0 Å². The van der Waals surface area contributed by atoms with E-state index in [1.165, 1.54) is 18.4 Å². The van der Waals surface area contributed by atoms with Gasteiger partial charge in [0.2, 0.25) is 5.91 Å². The van der Waals surface area contributed by atoms with Gasteiger partial charge in [-0.1, -0.05) is 54.6 Å². The maximum atomic E-state index is 13.5. The van der Waals surface area contributed by atoms with Crippen LogP contribution < -0.4 is 15.4 Å². The van der Waals surface area contributed by atoms with Gasteiger partial charge in [-0.05, 0) is 35.4 Å². The van der Waals surface area contributed by atoms with Gasteiger partial charge in [0.15, 0.2) is 0 Å². The number of nitrogens with zero attached hydrogens (tertiary/aromatic N) is 1. The van der Waals surface area contributed by atoms with Gasteiger partial charge in [0, 0.05) is 29.1 Å². The number of hydrogen-bond acceptors (Lipinski definition) is 8. The Hall–Kier alpha value is -3.16. The van der Waals surface area contributed by atoms with Gasteiger partial charge in [-0.25, -0.2) is 14.5 Å². The summed E-state index contributed by atoms with van der Waals surface area (Å²) in [6, 6.07) is 11.7. The molecule has 2 heterocycles. The van der Waals surface area contributed by atoms with Gasteiger partial charge in [0.05, 0.1) is 23.7 Å². The number of rotatable bonds is 11. The Balaban J connectivity index is 1.55. The number of benzene rings is 1. The van der Waals surface area contributed by atoms with Crippen LogP contribution in [0.3, 0.4) is 0 Å². The average molecular weight is 572 g/mol. The fourth-order valence-corrected chi connectivity index (χ4v) is 6.09. The number of alkyl carbamates (subject to hydrolysis) is 1. The second kappa shape index (κ2) is 13.6. The number of hydrogen-bond donors (Lipinski definition) is 3. The molecule has 38 heavy (non-hydrogen) atoms. The van der Waals surface area contributed by atoms with Gasteiger partial charge in [-0.3, -0.25) is 9.00 Å². The molecule has 0 fully saturated rings. The first kappa shape index (κ1) is 27.9. The second-order valence-corrected chi connectivity index (χ2v) is 11.0. The molecule has 9 nitrogen and oxygen atoms in total. The summed E-state index contributed by atoms with van der Waals surface area (Å²) in [4.78, 5) is 31.4. The summed E-state index contributed by atoms with van der Waals surface area (Å²) in [6.07, 6.45) is 6.13. The van der Waals surface area contributed by atoms with E-state index in [1.807, 2.05) is 65.4 Å². The molecule has 4 rings (SSSR count). The summed E-state index contributed by atoms with van der Waals surface area (Å²) in [6.45, 7) is 0. The van der Waals surface area contributed by atoms with E-state index in [4.69, 9.17) is 9.72 Å². The molecule has 1 aromatic carbocycles. The van der Waals surface area contributed by atoms with Crippen molar-refractivity contribution in [2.45, 2.75) is 37.4 Å². The average Bonchev–Trinajstić information content (AvgIpc) is 3.62. The first-order valence-corrected chi connectivity index (χ1v) is 14.7. The lowest BCUT2D eigenvalue weighted by Crippen LogP contribution is -2.49. The third-order valence-electron chi connectivity index (χ3n) is 5.87. The maximum absolute atomic E-state index is 13.5. The van der Waals surface area contributed by atoms with E-state index in [-0.39, 0.29) is 18.4 Å². The smallest absolute Gasteiger partial charge is 0.407 e. The van der Waals surface area contributed by atoms with Crippen molar-refractivity contribution in [3.8, 4) is 9.88 Å². The molecule has 4 atom stereocenters. The molecule has 3 N–H and O–H groups in total. The highest BCUT2D eigenvalue weighted by molar-refractivity contribution is 7.77. The number of methoxy groups -OCH3 is 1. The topological polar surface area (TPSA) is 132 Å². The van der Waals surface area contributed by atoms with Crippen LogP contribution >= 0.6 is 22.7 Å². The molecule has 0 saturated carbocycles. The Labute approximate surface area is 231 Å². The van der Waals surface area contributed by atoms with Gasteiger partial charge in [-0.15, -0.1) is 22.7 Å². The van der Waals surface area contributed by atoms with Gasteiger partial charge in [-0.2, -0.15) is 0 Å². The monoisotopic (exact) mass is 571 g/mol. The lowest BCUT2D eigenvalue weighted by molar-refractivity contribution is -0.123. The van der Waals surface area contributed by atoms with Crippen LogP contribution in [0.4, 0.5) is 4.79 Å². The number of carbonyl (C=O) groups excluding carboxylic acids is 2. The van der Waals surface area contributed by atoms with E-state index >= 15 is 0 Å². The second-order valence-electron chi connectivity index (χ2n) is 8.53. The van der Waals surface area contributed by atoms with E-state index in [9.17, 15) is 18.4 Å². The van der Waals surface area contributed by atoms with Crippen molar-refractivity contribution >= 4 is 45.9 Å². The van der Waals surface area contributed by atoms with E-state index < -0.39 is 29.4 Å². The fraction of sp³-hybridized carbons (Fsp3) is 0.269. The SMILES string of the molecule is COC(=O)N[C@@H](Cc1ccccc1)C(=O)N[C@@H](CC1=CCC(NS(=O)[O-])C=C1)c1csc(-c2cccs2)n1. The third kappa shape index (κ3) is 7.92. The molecule has 0 radical (unpaired) electrons. The Bertz CT molecular complexity index is 1310. The van der Waals surface area contributed by atoms with Gasteiger partial charge in [0.1, 0.15) is 11.0 Å². The van der Waals surface area contributed by atoms with Gasteiger partial charge in [0.25, 0.3) is 0 Å². The number of thiophene rings is 1. The highest BCUT2D eigenvalue weighted by Gasteiger charge is 2.27. The van der Waals surface area contributed by atoms with E-state index in [0.29, 0.717) is 18.5 Å². The minimum Gasteiger partial charge on any atom is -0.760 e. The van der Waals surface area contributed by atoms with Crippen molar-refractivity contribution in [3.05, 3.63) is 88.3 Å². The molecule has 0 bridgehead atoms. The normalized spacial score (nSPS) is 17.2. The number of thiazole rings is 1. The molecule has 1 aliphatic rings. The zero-order chi connectivity index (χ0) is 26.9. The standard InChI is InChI=1S/C26H28N4O5S3/c1-35-26(32)29-21(15-17-6-3-2-4-7-17)24(31)27-20(14-18-9-11-19(12-10-18)30-38(33)34)22-16-37-25(28-22)23-8-5-13-36-23/h2-11,13,16,19-21,30H,12,14-15H2,1H3,(H,27,31)(H,29,32)(H,33,34)/p-1/t19?,20-,21-/m0/s1. The lowest BCUT2D eigenvalue weighted by atomic mass is 9.96. The molecule has 0 spiro atoms. The molecular formula is C26H27N4O5S3-. The van der Waals surface area contributed by atoms with Crippen LogP contribution in [0.1, 0.15) is 30.1 Å². The number of ether oxygens (including phenoxy) is 1.